The van der Waals surface area contributed by atoms with Crippen molar-refractivity contribution < 1.29 is 15.3 Å². The molecule has 0 aliphatic heterocycles. The Kier molecular flexibility index (Phi) is 10.9. The molecule has 1 saturated carbocycles. The number of allylic oxidation sites excluding steroid dienone is 2. The van der Waals surface area contributed by atoms with E-state index in [-0.39, 0.29) is 23.3 Å². The number of rotatable bonds is 11. The molecule has 1 aliphatic rings. The average Bonchev–Trinajstić information content (AvgIpc) is 2.78. The van der Waals surface area contributed by atoms with Crippen LogP contribution in [0.4, 0.5) is 0 Å². The highest BCUT2D eigenvalue weighted by molar-refractivity contribution is 6.21. The van der Waals surface area contributed by atoms with Gasteiger partial charge in [0.25, 0.3) is 0 Å². The van der Waals surface area contributed by atoms with Gasteiger partial charge in [-0.2, -0.15) is 0 Å². The van der Waals surface area contributed by atoms with Crippen molar-refractivity contribution in [3.05, 3.63) is 24.3 Å². The molecule has 6 atom stereocenters. The highest BCUT2D eigenvalue weighted by atomic mass is 35.5. The lowest BCUT2D eigenvalue weighted by Crippen LogP contribution is -2.19. The minimum atomic E-state index is -0.522. The summed E-state index contributed by atoms with van der Waals surface area (Å²) in [6, 6.07) is 0. The summed E-state index contributed by atoms with van der Waals surface area (Å²) in [5, 5.41) is 29.5. The third-order valence-corrected chi connectivity index (χ3v) is 5.35. The van der Waals surface area contributed by atoms with Gasteiger partial charge < -0.3 is 15.3 Å². The number of aliphatic hydroxyl groups excluding tert-OH is 3. The van der Waals surface area contributed by atoms with Crippen LogP contribution in [0.3, 0.4) is 0 Å². The van der Waals surface area contributed by atoms with Gasteiger partial charge in [-0.05, 0) is 51.4 Å². The number of hydrogen-bond acceptors (Lipinski definition) is 3. The lowest BCUT2D eigenvalue weighted by molar-refractivity contribution is 0.140. The van der Waals surface area contributed by atoms with E-state index in [1.807, 2.05) is 6.08 Å². The molecule has 0 heterocycles. The summed E-state index contributed by atoms with van der Waals surface area (Å²) < 4.78 is 0. The van der Waals surface area contributed by atoms with E-state index < -0.39 is 12.2 Å². The molecule has 4 heteroatoms. The van der Waals surface area contributed by atoms with E-state index in [2.05, 4.69) is 19.1 Å². The smallest absolute Gasteiger partial charge is 0.0721 e. The van der Waals surface area contributed by atoms with Gasteiger partial charge >= 0.3 is 0 Å². The predicted molar refractivity (Wildman–Crippen MR) is 101 cm³/mol. The molecule has 0 unspecified atom stereocenters. The maximum Gasteiger partial charge on any atom is 0.0721 e. The van der Waals surface area contributed by atoms with Crippen LogP contribution in [0.5, 0.6) is 0 Å². The second-order valence-electron chi connectivity index (χ2n) is 7.14. The lowest BCUT2D eigenvalue weighted by atomic mass is 9.90. The first kappa shape index (κ1) is 21.7. The predicted octanol–water partition coefficient (Wildman–Crippen LogP) is 4.20. The van der Waals surface area contributed by atoms with Gasteiger partial charge in [-0.15, -0.1) is 11.6 Å². The van der Waals surface area contributed by atoms with Crippen molar-refractivity contribution in [1.29, 1.82) is 0 Å². The van der Waals surface area contributed by atoms with Gasteiger partial charge in [0.05, 0.1) is 18.3 Å². The van der Waals surface area contributed by atoms with Crippen molar-refractivity contribution in [3.63, 3.8) is 0 Å². The summed E-state index contributed by atoms with van der Waals surface area (Å²) in [4.78, 5) is 0. The van der Waals surface area contributed by atoms with Crippen molar-refractivity contribution >= 4 is 11.6 Å². The van der Waals surface area contributed by atoms with E-state index in [4.69, 9.17) is 11.6 Å². The second-order valence-corrected chi connectivity index (χ2v) is 7.70. The first-order valence-electron chi connectivity index (χ1n) is 9.47. The molecule has 3 nitrogen and oxygen atoms in total. The Morgan fingerprint density at radius 1 is 1.17 bits per heavy atom. The molecule has 1 rings (SSSR count). The minimum Gasteiger partial charge on any atom is -0.393 e. The number of halogens is 1. The molecule has 0 spiro atoms. The minimum absolute atomic E-state index is 0.00902. The Balaban J connectivity index is 2.49. The first-order valence-corrected chi connectivity index (χ1v) is 9.90. The van der Waals surface area contributed by atoms with Crippen LogP contribution in [0.2, 0.25) is 0 Å². The third kappa shape index (κ3) is 8.15. The monoisotopic (exact) mass is 358 g/mol. The van der Waals surface area contributed by atoms with Crippen LogP contribution in [0.25, 0.3) is 0 Å². The summed E-state index contributed by atoms with van der Waals surface area (Å²) >= 11 is 6.42. The van der Waals surface area contributed by atoms with E-state index in [1.54, 1.807) is 13.0 Å². The summed E-state index contributed by atoms with van der Waals surface area (Å²) in [6.07, 6.45) is 14.0. The highest BCUT2D eigenvalue weighted by Gasteiger charge is 2.39. The molecule has 1 aliphatic carbocycles. The van der Waals surface area contributed by atoms with Crippen molar-refractivity contribution in [2.75, 3.05) is 0 Å². The maximum atomic E-state index is 10.3. The molecule has 3 N–H and O–H groups in total. The van der Waals surface area contributed by atoms with Crippen LogP contribution in [-0.2, 0) is 0 Å². The van der Waals surface area contributed by atoms with Crippen molar-refractivity contribution in [3.8, 4) is 0 Å². The summed E-state index contributed by atoms with van der Waals surface area (Å²) in [6.45, 7) is 3.94. The molecule has 0 bridgehead atoms. The van der Waals surface area contributed by atoms with Crippen LogP contribution in [0.1, 0.15) is 65.2 Å². The Morgan fingerprint density at radius 3 is 2.58 bits per heavy atom. The zero-order chi connectivity index (χ0) is 17.9. The molecule has 0 aromatic rings. The van der Waals surface area contributed by atoms with Crippen LogP contribution < -0.4 is 0 Å². The van der Waals surface area contributed by atoms with Gasteiger partial charge in [-0.25, -0.2) is 0 Å². The van der Waals surface area contributed by atoms with E-state index >= 15 is 0 Å². The van der Waals surface area contributed by atoms with Crippen LogP contribution in [0.15, 0.2) is 24.3 Å². The van der Waals surface area contributed by atoms with Crippen molar-refractivity contribution in [1.82, 2.24) is 0 Å². The molecule has 1 fully saturated rings. The summed E-state index contributed by atoms with van der Waals surface area (Å²) in [5.74, 6) is 0.232. The van der Waals surface area contributed by atoms with Gasteiger partial charge in [-0.1, -0.05) is 44.1 Å². The fourth-order valence-corrected chi connectivity index (χ4v) is 3.79. The SMILES string of the molecule is CCCC/C=C\C[C@@H]1[C@@H](/C=C/[C@@H](O)CCC[C@@H](C)O)[C@H](O)C[C@H]1Cl. The first-order chi connectivity index (χ1) is 11.5. The molecule has 140 valence electrons. The van der Waals surface area contributed by atoms with Crippen LogP contribution in [-0.4, -0.2) is 39.0 Å². The molecule has 0 aromatic heterocycles. The lowest BCUT2D eigenvalue weighted by Gasteiger charge is -2.19. The van der Waals surface area contributed by atoms with Crippen LogP contribution >= 0.6 is 11.6 Å². The van der Waals surface area contributed by atoms with Crippen molar-refractivity contribution in [2.45, 2.75) is 88.9 Å². The van der Waals surface area contributed by atoms with Crippen LogP contribution in [0, 0.1) is 11.8 Å². The second kappa shape index (κ2) is 12.1. The quantitative estimate of drug-likeness (QED) is 0.295. The molecule has 0 radical (unpaired) electrons. The van der Waals surface area contributed by atoms with Gasteiger partial charge in [0, 0.05) is 11.3 Å². The van der Waals surface area contributed by atoms with E-state index in [0.29, 0.717) is 19.3 Å². The highest BCUT2D eigenvalue weighted by Crippen LogP contribution is 2.39. The van der Waals surface area contributed by atoms with Gasteiger partial charge in [0.15, 0.2) is 0 Å². The number of unbranched alkanes of at least 4 members (excludes halogenated alkanes) is 2. The van der Waals surface area contributed by atoms with Gasteiger partial charge in [-0.3, -0.25) is 0 Å². The molecule has 0 saturated heterocycles. The molecule has 24 heavy (non-hydrogen) atoms. The summed E-state index contributed by atoms with van der Waals surface area (Å²) in [5.41, 5.74) is 0. The Hall–Kier alpha value is -0.350. The fourth-order valence-electron chi connectivity index (χ4n) is 3.33. The number of aliphatic hydroxyl groups is 3. The molecule has 0 aromatic carbocycles. The fraction of sp³-hybridized carbons (Fsp3) is 0.800. The Bertz CT molecular complexity index is 381. The van der Waals surface area contributed by atoms with E-state index in [1.165, 1.54) is 12.8 Å². The molecule has 0 amide bonds. The molecular formula is C20H35ClO3. The zero-order valence-electron chi connectivity index (χ0n) is 15.1. The Morgan fingerprint density at radius 2 is 1.92 bits per heavy atom. The third-order valence-electron chi connectivity index (χ3n) is 4.85. The number of hydrogen-bond donors (Lipinski definition) is 3. The topological polar surface area (TPSA) is 60.7 Å². The van der Waals surface area contributed by atoms with Crippen molar-refractivity contribution in [2.24, 2.45) is 11.8 Å². The maximum absolute atomic E-state index is 10.3. The molecular weight excluding hydrogens is 324 g/mol. The normalized spacial score (nSPS) is 30.4. The average molecular weight is 359 g/mol. The largest absolute Gasteiger partial charge is 0.393 e. The van der Waals surface area contributed by atoms with Gasteiger partial charge in [0.2, 0.25) is 0 Å². The summed E-state index contributed by atoms with van der Waals surface area (Å²) in [7, 11) is 0. The van der Waals surface area contributed by atoms with Gasteiger partial charge in [0.1, 0.15) is 0 Å². The van der Waals surface area contributed by atoms with E-state index in [9.17, 15) is 15.3 Å². The Labute approximate surface area is 152 Å². The van der Waals surface area contributed by atoms with E-state index in [0.717, 1.165) is 19.3 Å². The standard InChI is InChI=1S/C20H35ClO3/c1-3-4-5-6-7-11-17-18(20(24)14-19(17)21)13-12-16(23)10-8-9-15(2)22/h6-7,12-13,15-20,22-24H,3-5,8-11,14H2,1-2H3/b7-6-,13-12+/t15-,16+,17-,18-,19-,20-/m1/s1. The number of alkyl halides is 1. The zero-order valence-corrected chi connectivity index (χ0v) is 15.9.